The molecule has 0 aromatic rings. The molecule has 0 aromatic carbocycles. The summed E-state index contributed by atoms with van der Waals surface area (Å²) < 4.78 is 33.5. The van der Waals surface area contributed by atoms with E-state index in [9.17, 15) is 13.2 Å². The van der Waals surface area contributed by atoms with Crippen LogP contribution in [0.2, 0.25) is 0 Å². The first-order valence-corrected chi connectivity index (χ1v) is 10.1. The highest BCUT2D eigenvalue weighted by molar-refractivity contribution is 7.86. The van der Waals surface area contributed by atoms with Crippen LogP contribution in [0, 0.1) is 5.41 Å². The molecule has 2 N–H and O–H groups in total. The molecule has 2 rings (SSSR count). The van der Waals surface area contributed by atoms with E-state index in [1.807, 2.05) is 13.8 Å². The summed E-state index contributed by atoms with van der Waals surface area (Å²) in [6, 6.07) is 0. The lowest BCUT2D eigenvalue weighted by molar-refractivity contribution is -0.143. The van der Waals surface area contributed by atoms with Gasteiger partial charge in [-0.05, 0) is 12.8 Å². The second kappa shape index (κ2) is 9.48. The Hall–Kier alpha value is -0.450. The van der Waals surface area contributed by atoms with Gasteiger partial charge in [0.15, 0.2) is 0 Å². The Morgan fingerprint density at radius 3 is 1.92 bits per heavy atom. The molecule has 0 atom stereocenters. The first-order valence-electron chi connectivity index (χ1n) is 8.73. The molecule has 1 amide bonds. The third-order valence-corrected chi connectivity index (χ3v) is 7.38. The van der Waals surface area contributed by atoms with Crippen LogP contribution >= 0.6 is 12.4 Å². The van der Waals surface area contributed by atoms with Gasteiger partial charge in [-0.15, -0.1) is 12.4 Å². The minimum atomic E-state index is -3.46. The topological polar surface area (TPSA) is 96.2 Å². The number of nitrogens with two attached hydrogens (primary N) is 1. The molecule has 10 heteroatoms. The molecule has 2 saturated heterocycles. The maximum atomic E-state index is 12.8. The molecule has 0 aliphatic carbocycles. The van der Waals surface area contributed by atoms with Gasteiger partial charge in [0.1, 0.15) is 0 Å². The molecule has 0 spiro atoms. The average molecular weight is 399 g/mol. The van der Waals surface area contributed by atoms with Crippen molar-refractivity contribution in [3.8, 4) is 0 Å². The zero-order valence-corrected chi connectivity index (χ0v) is 16.8. The predicted molar refractivity (Wildman–Crippen MR) is 98.8 cm³/mol. The van der Waals surface area contributed by atoms with Crippen LogP contribution < -0.4 is 5.73 Å². The molecule has 2 fully saturated rings. The minimum Gasteiger partial charge on any atom is -0.379 e. The first kappa shape index (κ1) is 22.6. The number of rotatable bonds is 6. The number of hydrogen-bond donors (Lipinski definition) is 1. The molecule has 0 saturated carbocycles. The van der Waals surface area contributed by atoms with Gasteiger partial charge in [-0.1, -0.05) is 13.8 Å². The Labute approximate surface area is 157 Å². The lowest BCUT2D eigenvalue weighted by Crippen LogP contribution is -2.58. The lowest BCUT2D eigenvalue weighted by Gasteiger charge is -2.41. The van der Waals surface area contributed by atoms with E-state index in [-0.39, 0.29) is 18.3 Å². The predicted octanol–water partition coefficient (Wildman–Crippen LogP) is -0.105. The number of carbonyl (C=O) groups is 1. The lowest BCUT2D eigenvalue weighted by atomic mass is 9.81. The fourth-order valence-electron chi connectivity index (χ4n) is 3.33. The summed E-state index contributed by atoms with van der Waals surface area (Å²) in [6.07, 6.45) is 1.40. The van der Waals surface area contributed by atoms with Crippen LogP contribution in [0.3, 0.4) is 0 Å². The summed E-state index contributed by atoms with van der Waals surface area (Å²) in [5, 5.41) is 0. The van der Waals surface area contributed by atoms with Crippen molar-refractivity contribution >= 4 is 28.5 Å². The van der Waals surface area contributed by atoms with Gasteiger partial charge in [-0.2, -0.15) is 17.0 Å². The van der Waals surface area contributed by atoms with Crippen LogP contribution in [0.25, 0.3) is 0 Å². The Morgan fingerprint density at radius 2 is 1.48 bits per heavy atom. The van der Waals surface area contributed by atoms with Crippen molar-refractivity contribution in [3.63, 3.8) is 0 Å². The second-order valence-electron chi connectivity index (χ2n) is 6.40. The van der Waals surface area contributed by atoms with Crippen molar-refractivity contribution in [1.29, 1.82) is 0 Å². The molecule has 0 aromatic heterocycles. The van der Waals surface area contributed by atoms with Crippen molar-refractivity contribution in [3.05, 3.63) is 0 Å². The molecule has 0 bridgehead atoms. The number of piperazine rings is 1. The molecule has 0 unspecified atom stereocenters. The Balaban J connectivity index is 0.00000312. The van der Waals surface area contributed by atoms with E-state index in [2.05, 4.69) is 0 Å². The van der Waals surface area contributed by atoms with Gasteiger partial charge in [-0.25, -0.2) is 0 Å². The van der Waals surface area contributed by atoms with Crippen LogP contribution in [0.15, 0.2) is 0 Å². The van der Waals surface area contributed by atoms with Crippen LogP contribution in [0.1, 0.15) is 26.7 Å². The van der Waals surface area contributed by atoms with Gasteiger partial charge >= 0.3 is 0 Å². The molecule has 2 heterocycles. The number of morpholine rings is 1. The number of ether oxygens (including phenoxy) is 1. The molecule has 0 radical (unpaired) electrons. The van der Waals surface area contributed by atoms with E-state index in [0.717, 1.165) is 0 Å². The standard InChI is InChI=1S/C15H30N4O4S.ClH/c1-3-15(4-2,13-16)14(20)17-5-7-18(8-6-17)24(21,22)19-9-11-23-12-10-19;/h3-13,16H2,1-2H3;1H. The zero-order valence-electron chi connectivity index (χ0n) is 15.1. The summed E-state index contributed by atoms with van der Waals surface area (Å²) in [5.74, 6) is 0.0541. The normalized spacial score (nSPS) is 21.0. The van der Waals surface area contributed by atoms with E-state index in [0.29, 0.717) is 71.9 Å². The van der Waals surface area contributed by atoms with E-state index in [4.69, 9.17) is 10.5 Å². The first-order chi connectivity index (χ1) is 11.4. The average Bonchev–Trinajstić information content (AvgIpc) is 2.64. The minimum absolute atomic E-state index is 0. The largest absolute Gasteiger partial charge is 0.379 e. The molecule has 25 heavy (non-hydrogen) atoms. The quantitative estimate of drug-likeness (QED) is 0.673. The van der Waals surface area contributed by atoms with Gasteiger partial charge in [0.25, 0.3) is 10.2 Å². The number of carbonyl (C=O) groups excluding carboxylic acids is 1. The highest BCUT2D eigenvalue weighted by Gasteiger charge is 2.40. The third kappa shape index (κ3) is 4.64. The van der Waals surface area contributed by atoms with Gasteiger partial charge in [0.2, 0.25) is 5.91 Å². The fourth-order valence-corrected chi connectivity index (χ4v) is 4.89. The van der Waals surface area contributed by atoms with Crippen LogP contribution in [-0.4, -0.2) is 86.9 Å². The molecular weight excluding hydrogens is 368 g/mol. The highest BCUT2D eigenvalue weighted by Crippen LogP contribution is 2.28. The molecule has 148 valence electrons. The summed E-state index contributed by atoms with van der Waals surface area (Å²) in [5.41, 5.74) is 5.34. The molecule has 8 nitrogen and oxygen atoms in total. The van der Waals surface area contributed by atoms with E-state index in [1.165, 1.54) is 8.61 Å². The van der Waals surface area contributed by atoms with Crippen molar-refractivity contribution in [1.82, 2.24) is 13.5 Å². The number of amides is 1. The second-order valence-corrected chi connectivity index (χ2v) is 8.33. The molecule has 2 aliphatic heterocycles. The van der Waals surface area contributed by atoms with Gasteiger partial charge < -0.3 is 15.4 Å². The monoisotopic (exact) mass is 398 g/mol. The Morgan fingerprint density at radius 1 is 1.00 bits per heavy atom. The van der Waals surface area contributed by atoms with Crippen LogP contribution in [-0.2, 0) is 19.7 Å². The van der Waals surface area contributed by atoms with Crippen molar-refractivity contribution in [2.75, 3.05) is 59.0 Å². The fraction of sp³-hybridized carbons (Fsp3) is 0.933. The van der Waals surface area contributed by atoms with Crippen molar-refractivity contribution in [2.24, 2.45) is 11.1 Å². The summed E-state index contributed by atoms with van der Waals surface area (Å²) >= 11 is 0. The van der Waals surface area contributed by atoms with E-state index >= 15 is 0 Å². The van der Waals surface area contributed by atoms with Gasteiger partial charge in [0.05, 0.1) is 18.6 Å². The number of halogens is 1. The van der Waals surface area contributed by atoms with E-state index < -0.39 is 15.6 Å². The van der Waals surface area contributed by atoms with Crippen LogP contribution in [0.4, 0.5) is 0 Å². The Bertz CT molecular complexity index is 519. The highest BCUT2D eigenvalue weighted by atomic mass is 35.5. The SMILES string of the molecule is CCC(CC)(CN)C(=O)N1CCN(S(=O)(=O)N2CCOCC2)CC1.Cl. The number of hydrogen-bond acceptors (Lipinski definition) is 5. The summed E-state index contributed by atoms with van der Waals surface area (Å²) in [7, 11) is -3.46. The molecule has 2 aliphatic rings. The van der Waals surface area contributed by atoms with Crippen molar-refractivity contribution in [2.45, 2.75) is 26.7 Å². The molecular formula is C15H31ClN4O4S. The van der Waals surface area contributed by atoms with E-state index in [1.54, 1.807) is 4.90 Å². The summed E-state index contributed by atoms with van der Waals surface area (Å²) in [4.78, 5) is 14.6. The Kier molecular flexibility index (Phi) is 8.56. The van der Waals surface area contributed by atoms with Crippen LogP contribution in [0.5, 0.6) is 0 Å². The van der Waals surface area contributed by atoms with Crippen molar-refractivity contribution < 1.29 is 17.9 Å². The zero-order chi connectivity index (χ0) is 17.8. The van der Waals surface area contributed by atoms with Gasteiger partial charge in [0, 0.05) is 45.8 Å². The smallest absolute Gasteiger partial charge is 0.282 e. The third-order valence-electron chi connectivity index (χ3n) is 5.35. The maximum Gasteiger partial charge on any atom is 0.282 e. The van der Waals surface area contributed by atoms with Gasteiger partial charge in [-0.3, -0.25) is 4.79 Å². The maximum absolute atomic E-state index is 12.8. The summed E-state index contributed by atoms with van der Waals surface area (Å²) in [6.45, 7) is 7.44. The number of nitrogens with zero attached hydrogens (tertiary/aromatic N) is 3.